The first kappa shape index (κ1) is 20.8. The number of nitrogens with one attached hydrogen (secondary N) is 2. The fraction of sp³-hybridized carbons (Fsp3) is 0.381. The van der Waals surface area contributed by atoms with E-state index >= 15 is 0 Å². The van der Waals surface area contributed by atoms with Crippen molar-refractivity contribution in [3.8, 4) is 0 Å². The van der Waals surface area contributed by atoms with Crippen LogP contribution in [0.15, 0.2) is 47.5 Å². The van der Waals surface area contributed by atoms with Crippen molar-refractivity contribution in [3.63, 3.8) is 0 Å². The van der Waals surface area contributed by atoms with Crippen LogP contribution >= 0.6 is 0 Å². The number of rotatable bonds is 6. The first-order chi connectivity index (χ1) is 14.0. The van der Waals surface area contributed by atoms with E-state index in [0.717, 1.165) is 5.56 Å². The molecular formula is C21H25N3O5. The van der Waals surface area contributed by atoms with E-state index in [0.29, 0.717) is 30.9 Å². The van der Waals surface area contributed by atoms with Gasteiger partial charge in [0.25, 0.3) is 5.91 Å². The van der Waals surface area contributed by atoms with Gasteiger partial charge in [0.2, 0.25) is 5.91 Å². The Bertz CT molecular complexity index is 920. The van der Waals surface area contributed by atoms with Crippen LogP contribution in [0, 0.1) is 6.92 Å². The summed E-state index contributed by atoms with van der Waals surface area (Å²) in [5.41, 5.74) is 1.75. The number of aromatic nitrogens is 1. The van der Waals surface area contributed by atoms with Gasteiger partial charge in [-0.2, -0.15) is 0 Å². The number of benzene rings is 1. The molecule has 0 saturated carbocycles. The molecule has 0 radical (unpaired) electrons. The van der Waals surface area contributed by atoms with E-state index in [9.17, 15) is 14.4 Å². The van der Waals surface area contributed by atoms with Gasteiger partial charge in [-0.1, -0.05) is 6.07 Å². The third-order valence-corrected chi connectivity index (χ3v) is 4.88. The molecule has 0 aliphatic carbocycles. The predicted molar refractivity (Wildman–Crippen MR) is 108 cm³/mol. The highest BCUT2D eigenvalue weighted by atomic mass is 16.5. The Balaban J connectivity index is 1.66. The van der Waals surface area contributed by atoms with Gasteiger partial charge in [0, 0.05) is 49.5 Å². The first-order valence-electron chi connectivity index (χ1n) is 9.44. The molecule has 0 bridgehead atoms. The minimum absolute atomic E-state index is 0.0632. The van der Waals surface area contributed by atoms with Gasteiger partial charge in [-0.05, 0) is 31.0 Å². The number of anilines is 1. The number of nitrogens with zero attached hydrogens (tertiary/aromatic N) is 1. The van der Waals surface area contributed by atoms with Gasteiger partial charge in [0.15, 0.2) is 5.43 Å². The van der Waals surface area contributed by atoms with Crippen molar-refractivity contribution in [2.45, 2.75) is 32.0 Å². The molecular weight excluding hydrogens is 374 g/mol. The largest absolute Gasteiger partial charge is 0.379 e. The highest BCUT2D eigenvalue weighted by molar-refractivity contribution is 5.97. The van der Waals surface area contributed by atoms with Gasteiger partial charge < -0.3 is 24.7 Å². The van der Waals surface area contributed by atoms with E-state index in [1.807, 2.05) is 6.92 Å². The summed E-state index contributed by atoms with van der Waals surface area (Å²) in [4.78, 5) is 36.2. The number of amides is 2. The Labute approximate surface area is 168 Å². The second-order valence-corrected chi connectivity index (χ2v) is 7.00. The summed E-state index contributed by atoms with van der Waals surface area (Å²) in [6, 6.07) is 7.85. The summed E-state index contributed by atoms with van der Waals surface area (Å²) in [5.74, 6) is -0.479. The smallest absolute Gasteiger partial charge is 0.251 e. The van der Waals surface area contributed by atoms with Crippen molar-refractivity contribution in [2.75, 3.05) is 25.6 Å². The summed E-state index contributed by atoms with van der Waals surface area (Å²) in [6.45, 7) is 2.94. The van der Waals surface area contributed by atoms with Crippen molar-refractivity contribution < 1.29 is 19.1 Å². The van der Waals surface area contributed by atoms with Gasteiger partial charge in [-0.3, -0.25) is 14.4 Å². The lowest BCUT2D eigenvalue weighted by molar-refractivity contribution is -0.116. The monoisotopic (exact) mass is 399 g/mol. The van der Waals surface area contributed by atoms with Crippen molar-refractivity contribution in [3.05, 3.63) is 64.1 Å². The van der Waals surface area contributed by atoms with Crippen LogP contribution in [0.3, 0.4) is 0 Å². The van der Waals surface area contributed by atoms with Gasteiger partial charge >= 0.3 is 0 Å². The van der Waals surface area contributed by atoms with Gasteiger partial charge in [0.1, 0.15) is 12.6 Å². The van der Waals surface area contributed by atoms with E-state index in [-0.39, 0.29) is 35.9 Å². The Morgan fingerprint density at radius 3 is 2.72 bits per heavy atom. The number of methoxy groups -OCH3 is 1. The molecule has 3 rings (SSSR count). The summed E-state index contributed by atoms with van der Waals surface area (Å²) in [6.07, 6.45) is 3.60. The lowest BCUT2D eigenvalue weighted by atomic mass is 10.0. The third-order valence-electron chi connectivity index (χ3n) is 4.88. The molecule has 1 saturated heterocycles. The average molecular weight is 399 g/mol. The van der Waals surface area contributed by atoms with Crippen molar-refractivity contribution >= 4 is 17.5 Å². The van der Waals surface area contributed by atoms with Crippen LogP contribution < -0.4 is 16.1 Å². The van der Waals surface area contributed by atoms with Crippen molar-refractivity contribution in [1.82, 2.24) is 9.88 Å². The average Bonchev–Trinajstić information content (AvgIpc) is 2.71. The highest BCUT2D eigenvalue weighted by Crippen LogP contribution is 2.18. The molecule has 154 valence electrons. The Morgan fingerprint density at radius 2 is 2.00 bits per heavy atom. The fourth-order valence-corrected chi connectivity index (χ4v) is 3.16. The summed E-state index contributed by atoms with van der Waals surface area (Å²) < 4.78 is 12.4. The standard InChI is InChI=1S/C21H25N3O5/c1-14-3-4-15(21(27)23-17-7-10-29-13-19(17)28-2)11-18(14)22-20(26)12-24-8-5-16(25)6-9-24/h3-6,8-9,11,17,19H,7,10,12-13H2,1-2H3,(H,22,26)(H,23,27)/t17-,19-/m0/s1. The molecule has 2 atom stereocenters. The fourth-order valence-electron chi connectivity index (χ4n) is 3.16. The van der Waals surface area contributed by atoms with E-state index < -0.39 is 0 Å². The molecule has 0 spiro atoms. The maximum Gasteiger partial charge on any atom is 0.251 e. The lowest BCUT2D eigenvalue weighted by Gasteiger charge is -2.31. The zero-order chi connectivity index (χ0) is 20.8. The van der Waals surface area contributed by atoms with Gasteiger partial charge in [-0.25, -0.2) is 0 Å². The summed E-state index contributed by atoms with van der Waals surface area (Å²) in [5, 5.41) is 5.82. The first-order valence-corrected chi connectivity index (χ1v) is 9.44. The zero-order valence-electron chi connectivity index (χ0n) is 16.5. The van der Waals surface area contributed by atoms with E-state index in [4.69, 9.17) is 9.47 Å². The quantitative estimate of drug-likeness (QED) is 0.764. The molecule has 2 amide bonds. The molecule has 2 N–H and O–H groups in total. The van der Waals surface area contributed by atoms with Crippen molar-refractivity contribution in [1.29, 1.82) is 0 Å². The number of hydrogen-bond donors (Lipinski definition) is 2. The number of carbonyl (C=O) groups is 2. The Kier molecular flexibility index (Phi) is 6.79. The predicted octanol–water partition coefficient (Wildman–Crippen LogP) is 1.33. The van der Waals surface area contributed by atoms with Crippen LogP contribution in [-0.2, 0) is 20.8 Å². The molecule has 2 aromatic rings. The molecule has 0 unspecified atom stereocenters. The van der Waals surface area contributed by atoms with Crippen LogP contribution in [-0.4, -0.2) is 48.9 Å². The maximum absolute atomic E-state index is 12.7. The zero-order valence-corrected chi connectivity index (χ0v) is 16.5. The normalized spacial score (nSPS) is 18.8. The summed E-state index contributed by atoms with van der Waals surface area (Å²) in [7, 11) is 1.60. The van der Waals surface area contributed by atoms with Crippen molar-refractivity contribution in [2.24, 2.45) is 0 Å². The topological polar surface area (TPSA) is 98.7 Å². The molecule has 8 nitrogen and oxygen atoms in total. The lowest BCUT2D eigenvalue weighted by Crippen LogP contribution is -2.49. The van der Waals surface area contributed by atoms with Crippen LogP contribution in [0.5, 0.6) is 0 Å². The van der Waals surface area contributed by atoms with Crippen LogP contribution in [0.25, 0.3) is 0 Å². The molecule has 1 aliphatic heterocycles. The number of pyridine rings is 1. The molecule has 29 heavy (non-hydrogen) atoms. The van der Waals surface area contributed by atoms with Crippen LogP contribution in [0.4, 0.5) is 5.69 Å². The molecule has 1 aliphatic rings. The number of hydrogen-bond acceptors (Lipinski definition) is 5. The number of aryl methyl sites for hydroxylation is 1. The Hall–Kier alpha value is -2.97. The highest BCUT2D eigenvalue weighted by Gasteiger charge is 2.27. The second kappa shape index (κ2) is 9.49. The number of carbonyl (C=O) groups excluding carboxylic acids is 2. The van der Waals surface area contributed by atoms with E-state index in [1.165, 1.54) is 12.1 Å². The Morgan fingerprint density at radius 1 is 1.24 bits per heavy atom. The molecule has 8 heteroatoms. The molecule has 1 aromatic carbocycles. The minimum Gasteiger partial charge on any atom is -0.379 e. The molecule has 1 fully saturated rings. The van der Waals surface area contributed by atoms with E-state index in [1.54, 1.807) is 42.3 Å². The van der Waals surface area contributed by atoms with Gasteiger partial charge in [-0.15, -0.1) is 0 Å². The third kappa shape index (κ3) is 5.52. The second-order valence-electron chi connectivity index (χ2n) is 7.00. The maximum atomic E-state index is 12.7. The summed E-state index contributed by atoms with van der Waals surface area (Å²) >= 11 is 0. The van der Waals surface area contributed by atoms with E-state index in [2.05, 4.69) is 10.6 Å². The number of ether oxygens (including phenoxy) is 2. The molecule has 2 heterocycles. The minimum atomic E-state index is -0.252. The SMILES string of the molecule is CO[C@H]1COCC[C@@H]1NC(=O)c1ccc(C)c(NC(=O)Cn2ccc(=O)cc2)c1. The van der Waals surface area contributed by atoms with Crippen LogP contribution in [0.2, 0.25) is 0 Å². The van der Waals surface area contributed by atoms with Gasteiger partial charge in [0.05, 0.1) is 12.6 Å². The molecule has 1 aromatic heterocycles. The van der Waals surface area contributed by atoms with Crippen LogP contribution in [0.1, 0.15) is 22.3 Å².